The monoisotopic (exact) mass is 449 g/mol. The molecule has 27 heavy (non-hydrogen) atoms. The summed E-state index contributed by atoms with van der Waals surface area (Å²) in [5.74, 6) is -16.3. The van der Waals surface area contributed by atoms with Crippen molar-refractivity contribution in [1.29, 1.82) is 0 Å². The molecule has 0 aliphatic rings. The lowest BCUT2D eigenvalue weighted by atomic mass is 10.1. The number of aromatic nitrogens is 2. The molecule has 0 atom stereocenters. The van der Waals surface area contributed by atoms with Gasteiger partial charge in [0.25, 0.3) is 0 Å². The summed E-state index contributed by atoms with van der Waals surface area (Å²) in [6, 6.07) is 0. The van der Waals surface area contributed by atoms with Gasteiger partial charge in [0.2, 0.25) is 5.28 Å². The standard InChI is InChI=1S/C14HCl3F7N3/c15-3-12(16)26-14(17)27-13(3)25-11-7(21)2-1(6(20)10(11)24)4(18)8(22)9(23)5(2)19/h(H,25,26,27). The summed E-state index contributed by atoms with van der Waals surface area (Å²) in [5.41, 5.74) is -1.43. The average Bonchev–Trinajstić information content (AvgIpc) is 2.61. The van der Waals surface area contributed by atoms with Crippen LogP contribution in [0.25, 0.3) is 10.8 Å². The van der Waals surface area contributed by atoms with Gasteiger partial charge < -0.3 is 5.32 Å². The maximum absolute atomic E-state index is 14.6. The van der Waals surface area contributed by atoms with E-state index in [2.05, 4.69) is 9.97 Å². The largest absolute Gasteiger partial charge is 0.334 e. The molecular weight excluding hydrogens is 450 g/mol. The summed E-state index contributed by atoms with van der Waals surface area (Å²) >= 11 is 16.8. The Hall–Kier alpha value is -2.04. The molecule has 1 N–H and O–H groups in total. The van der Waals surface area contributed by atoms with Crippen LogP contribution in [0.15, 0.2) is 0 Å². The Bertz CT molecular complexity index is 1120. The molecule has 3 nitrogen and oxygen atoms in total. The third kappa shape index (κ3) is 3.01. The minimum absolute atomic E-state index is 0.452. The molecule has 1 aromatic heterocycles. The van der Waals surface area contributed by atoms with Crippen molar-refractivity contribution in [1.82, 2.24) is 9.97 Å². The van der Waals surface area contributed by atoms with Crippen LogP contribution < -0.4 is 5.32 Å². The summed E-state index contributed by atoms with van der Waals surface area (Å²) in [6.45, 7) is 0. The van der Waals surface area contributed by atoms with Crippen molar-refractivity contribution in [2.45, 2.75) is 0 Å². The van der Waals surface area contributed by atoms with E-state index in [0.717, 1.165) is 0 Å². The molecule has 13 heteroatoms. The van der Waals surface area contributed by atoms with Crippen molar-refractivity contribution in [3.63, 3.8) is 0 Å². The summed E-state index contributed by atoms with van der Waals surface area (Å²) < 4.78 is 97.2. The number of nitrogens with one attached hydrogen (secondary N) is 1. The van der Waals surface area contributed by atoms with Crippen LogP contribution in [0.3, 0.4) is 0 Å². The number of benzene rings is 2. The Morgan fingerprint density at radius 2 is 1.07 bits per heavy atom. The number of halogens is 10. The van der Waals surface area contributed by atoms with E-state index >= 15 is 0 Å². The first-order valence-electron chi connectivity index (χ1n) is 6.53. The summed E-state index contributed by atoms with van der Waals surface area (Å²) in [4.78, 5) is 6.88. The molecule has 3 rings (SSSR count). The van der Waals surface area contributed by atoms with Gasteiger partial charge in [-0.1, -0.05) is 23.2 Å². The zero-order valence-electron chi connectivity index (χ0n) is 12.2. The van der Waals surface area contributed by atoms with Gasteiger partial charge in [-0.05, 0) is 11.6 Å². The Morgan fingerprint density at radius 1 is 0.593 bits per heavy atom. The van der Waals surface area contributed by atoms with Gasteiger partial charge >= 0.3 is 0 Å². The molecule has 0 amide bonds. The minimum Gasteiger partial charge on any atom is -0.334 e. The van der Waals surface area contributed by atoms with Crippen LogP contribution in [-0.4, -0.2) is 9.97 Å². The van der Waals surface area contributed by atoms with E-state index in [1.165, 1.54) is 0 Å². The maximum Gasteiger partial charge on any atom is 0.225 e. The molecule has 0 saturated carbocycles. The predicted molar refractivity (Wildman–Crippen MR) is 84.0 cm³/mol. The topological polar surface area (TPSA) is 37.8 Å². The normalized spacial score (nSPS) is 11.3. The van der Waals surface area contributed by atoms with E-state index in [0.29, 0.717) is 0 Å². The average molecular weight is 451 g/mol. The second-order valence-corrected chi connectivity index (χ2v) is 5.97. The van der Waals surface area contributed by atoms with Crippen LogP contribution in [0.1, 0.15) is 0 Å². The number of hydrogen-bond donors (Lipinski definition) is 1. The first-order chi connectivity index (χ1) is 12.6. The van der Waals surface area contributed by atoms with Gasteiger partial charge in [-0.3, -0.25) is 0 Å². The highest BCUT2D eigenvalue weighted by Gasteiger charge is 2.31. The van der Waals surface area contributed by atoms with Gasteiger partial charge in [0.1, 0.15) is 10.7 Å². The summed E-state index contributed by atoms with van der Waals surface area (Å²) in [5, 5.41) is -3.05. The Morgan fingerprint density at radius 3 is 1.63 bits per heavy atom. The van der Waals surface area contributed by atoms with Crippen LogP contribution in [0.2, 0.25) is 15.5 Å². The molecule has 0 spiro atoms. The van der Waals surface area contributed by atoms with Crippen molar-refractivity contribution >= 4 is 57.1 Å². The molecule has 0 fully saturated rings. The molecule has 0 radical (unpaired) electrons. The first kappa shape index (κ1) is 19.7. The summed E-state index contributed by atoms with van der Waals surface area (Å²) in [6.07, 6.45) is 0. The van der Waals surface area contributed by atoms with Gasteiger partial charge in [0, 0.05) is 0 Å². The number of fused-ring (bicyclic) bond motifs is 1. The highest BCUT2D eigenvalue weighted by molar-refractivity contribution is 6.43. The van der Waals surface area contributed by atoms with E-state index in [1.54, 1.807) is 0 Å². The van der Waals surface area contributed by atoms with Gasteiger partial charge in [0.15, 0.2) is 51.7 Å². The predicted octanol–water partition coefficient (Wildman–Crippen LogP) is 6.31. The van der Waals surface area contributed by atoms with Crippen molar-refractivity contribution < 1.29 is 30.7 Å². The Balaban J connectivity index is 2.36. The molecule has 0 bridgehead atoms. The van der Waals surface area contributed by atoms with E-state index in [1.807, 2.05) is 5.32 Å². The lowest BCUT2D eigenvalue weighted by Crippen LogP contribution is -2.08. The zero-order chi connectivity index (χ0) is 20.2. The molecule has 0 aliphatic heterocycles. The second-order valence-electron chi connectivity index (χ2n) is 4.89. The lowest BCUT2D eigenvalue weighted by molar-refractivity contribution is 0.412. The summed E-state index contributed by atoms with van der Waals surface area (Å²) in [7, 11) is 0. The zero-order valence-corrected chi connectivity index (χ0v) is 14.4. The second kappa shape index (κ2) is 6.84. The quantitative estimate of drug-likeness (QED) is 0.164. The maximum atomic E-state index is 14.6. The lowest BCUT2D eigenvalue weighted by Gasteiger charge is -2.14. The van der Waals surface area contributed by atoms with Crippen LogP contribution in [0, 0.1) is 40.7 Å². The molecular formula is C14HCl3F7N3. The number of anilines is 2. The van der Waals surface area contributed by atoms with Crippen LogP contribution in [0.5, 0.6) is 0 Å². The van der Waals surface area contributed by atoms with E-state index in [-0.39, 0.29) is 0 Å². The fraction of sp³-hybridized carbons (Fsp3) is 0. The Kier molecular flexibility index (Phi) is 5.00. The van der Waals surface area contributed by atoms with Crippen LogP contribution in [-0.2, 0) is 0 Å². The molecule has 142 valence electrons. The molecule has 2 aromatic carbocycles. The van der Waals surface area contributed by atoms with E-state index < -0.39 is 78.5 Å². The highest BCUT2D eigenvalue weighted by Crippen LogP contribution is 2.39. The highest BCUT2D eigenvalue weighted by atomic mass is 35.5. The molecule has 1 heterocycles. The van der Waals surface area contributed by atoms with Crippen molar-refractivity contribution in [2.24, 2.45) is 0 Å². The third-order valence-electron chi connectivity index (χ3n) is 3.36. The molecule has 0 unspecified atom stereocenters. The van der Waals surface area contributed by atoms with Gasteiger partial charge in [-0.2, -0.15) is 4.98 Å². The fourth-order valence-electron chi connectivity index (χ4n) is 2.19. The molecule has 3 aromatic rings. The van der Waals surface area contributed by atoms with Crippen molar-refractivity contribution in [2.75, 3.05) is 5.32 Å². The van der Waals surface area contributed by atoms with E-state index in [4.69, 9.17) is 34.8 Å². The van der Waals surface area contributed by atoms with Gasteiger partial charge in [-0.15, -0.1) is 0 Å². The van der Waals surface area contributed by atoms with Gasteiger partial charge in [-0.25, -0.2) is 35.7 Å². The Labute approximate surface area is 159 Å². The van der Waals surface area contributed by atoms with Crippen molar-refractivity contribution in [3.8, 4) is 0 Å². The van der Waals surface area contributed by atoms with E-state index in [9.17, 15) is 30.7 Å². The number of nitrogens with zero attached hydrogens (tertiary/aromatic N) is 2. The molecule has 0 aliphatic carbocycles. The van der Waals surface area contributed by atoms with Crippen molar-refractivity contribution in [3.05, 3.63) is 56.2 Å². The smallest absolute Gasteiger partial charge is 0.225 e. The van der Waals surface area contributed by atoms with Gasteiger partial charge in [0.05, 0.1) is 10.8 Å². The van der Waals surface area contributed by atoms with Crippen LogP contribution in [0.4, 0.5) is 42.2 Å². The number of hydrogen-bond acceptors (Lipinski definition) is 3. The van der Waals surface area contributed by atoms with Crippen LogP contribution >= 0.6 is 34.8 Å². The third-order valence-corrected chi connectivity index (χ3v) is 4.26. The number of rotatable bonds is 2. The molecule has 0 saturated heterocycles. The SMILES string of the molecule is Fc1c(F)c(F)c2c(F)c(Nc3nc(Cl)nc(Cl)c3Cl)c(F)c(F)c2c1F. The first-order valence-corrected chi connectivity index (χ1v) is 7.67. The fourth-order valence-corrected chi connectivity index (χ4v) is 2.70. The minimum atomic E-state index is -2.43.